The van der Waals surface area contributed by atoms with E-state index in [1.54, 1.807) is 0 Å². The lowest BCUT2D eigenvalue weighted by atomic mass is 10.00. The second-order valence-corrected chi connectivity index (χ2v) is 11.0. The molecule has 1 saturated heterocycles. The van der Waals surface area contributed by atoms with E-state index >= 15 is 0 Å². The van der Waals surface area contributed by atoms with Gasteiger partial charge in [0.05, 0.1) is 0 Å². The molecule has 6 rings (SSSR count). The number of fused-ring (bicyclic) bond motifs is 2. The normalized spacial score (nSPS) is 20.0. The van der Waals surface area contributed by atoms with Crippen molar-refractivity contribution in [3.8, 4) is 0 Å². The highest BCUT2D eigenvalue weighted by Gasteiger charge is 2.31. The van der Waals surface area contributed by atoms with Crippen LogP contribution in [0.5, 0.6) is 0 Å². The van der Waals surface area contributed by atoms with Crippen molar-refractivity contribution in [2.75, 3.05) is 14.1 Å². The van der Waals surface area contributed by atoms with Crippen LogP contribution in [-0.2, 0) is 24.1 Å². The molecule has 8 nitrogen and oxygen atoms in total. The molecule has 3 aliphatic rings. The average Bonchev–Trinajstić information content (AvgIpc) is 3.91. The van der Waals surface area contributed by atoms with Crippen LogP contribution in [0.3, 0.4) is 0 Å². The number of aryl methyl sites for hydroxylation is 2. The maximum absolute atomic E-state index is 8.69. The minimum atomic E-state index is -0.00976. The summed E-state index contributed by atoms with van der Waals surface area (Å²) in [6.45, 7) is 20.3. The molecule has 0 saturated carbocycles. The summed E-state index contributed by atoms with van der Waals surface area (Å²) in [5, 5.41) is 22.0. The number of rotatable bonds is 6. The van der Waals surface area contributed by atoms with Gasteiger partial charge in [-0.05, 0) is 98.1 Å². The van der Waals surface area contributed by atoms with Gasteiger partial charge in [0.25, 0.3) is 0 Å². The molecule has 268 valence electrons. The van der Waals surface area contributed by atoms with Gasteiger partial charge in [0.1, 0.15) is 12.4 Å². The summed E-state index contributed by atoms with van der Waals surface area (Å²) < 4.78 is 0. The van der Waals surface area contributed by atoms with E-state index in [9.17, 15) is 0 Å². The molecule has 0 aromatic heterocycles. The molecule has 0 amide bonds. The summed E-state index contributed by atoms with van der Waals surface area (Å²) in [4.78, 5) is 5.83. The number of amidine groups is 1. The van der Waals surface area contributed by atoms with Crippen molar-refractivity contribution in [2.24, 2.45) is 10.9 Å². The second-order valence-electron chi connectivity index (χ2n) is 11.0. The van der Waals surface area contributed by atoms with E-state index in [2.05, 4.69) is 82.9 Å². The first kappa shape index (κ1) is 42.8. The topological polar surface area (TPSA) is 116 Å². The highest BCUT2D eigenvalue weighted by atomic mass is 16.7. The fraction of sp³-hybridized carbons (Fsp3) is 0.525. The molecule has 2 unspecified atom stereocenters. The van der Waals surface area contributed by atoms with Crippen LogP contribution in [0.2, 0.25) is 0 Å². The maximum Gasteiger partial charge on any atom is 0.170 e. The van der Waals surface area contributed by atoms with E-state index in [1.165, 1.54) is 50.9 Å². The summed E-state index contributed by atoms with van der Waals surface area (Å²) in [7, 11) is 4.00. The van der Waals surface area contributed by atoms with Gasteiger partial charge in [-0.1, -0.05) is 115 Å². The number of nitrogens with two attached hydrogens (primary N) is 1. The second kappa shape index (κ2) is 23.1. The number of nitrogens with one attached hydrogen (secondary N) is 4. The highest BCUT2D eigenvalue weighted by molar-refractivity contribution is 5.98. The molecule has 8 heteroatoms. The van der Waals surface area contributed by atoms with Crippen LogP contribution in [0.4, 0.5) is 0 Å². The van der Waals surface area contributed by atoms with E-state index in [4.69, 9.17) is 15.8 Å². The first-order valence-corrected chi connectivity index (χ1v) is 18.2. The van der Waals surface area contributed by atoms with Crippen molar-refractivity contribution >= 4 is 5.84 Å². The van der Waals surface area contributed by atoms with Crippen molar-refractivity contribution in [3.05, 3.63) is 105 Å². The van der Waals surface area contributed by atoms with E-state index < -0.39 is 0 Å². The maximum atomic E-state index is 8.69. The lowest BCUT2D eigenvalue weighted by molar-refractivity contribution is 0.0228. The number of nitrogens with zero attached hydrogens (tertiary/aromatic N) is 1. The molecule has 3 aromatic carbocycles. The van der Waals surface area contributed by atoms with Crippen LogP contribution in [0, 0.1) is 13.8 Å². The Hall–Kier alpha value is -3.27. The molecule has 1 heterocycles. The summed E-state index contributed by atoms with van der Waals surface area (Å²) in [5.41, 5.74) is 20.3. The number of hydrogen-bond acceptors (Lipinski definition) is 7. The van der Waals surface area contributed by atoms with Crippen LogP contribution in [0.25, 0.3) is 0 Å². The van der Waals surface area contributed by atoms with Crippen LogP contribution in [0.15, 0.2) is 59.8 Å². The van der Waals surface area contributed by atoms with Gasteiger partial charge < -0.3 is 21.6 Å². The molecule has 3 aromatic rings. The Morgan fingerprint density at radius 2 is 1.33 bits per heavy atom. The highest BCUT2D eigenvalue weighted by Crippen LogP contribution is 2.36. The third kappa shape index (κ3) is 10.9. The molecule has 2 aliphatic carbocycles. The number of benzene rings is 3. The summed E-state index contributed by atoms with van der Waals surface area (Å²) in [5.74, 6) is 0.198. The Labute approximate surface area is 292 Å². The van der Waals surface area contributed by atoms with Gasteiger partial charge in [0, 0.05) is 24.1 Å². The third-order valence-electron chi connectivity index (χ3n) is 8.64. The monoisotopic (exact) mass is 663 g/mol. The van der Waals surface area contributed by atoms with Crippen molar-refractivity contribution < 1.29 is 10.0 Å². The zero-order chi connectivity index (χ0) is 36.2. The first-order valence-electron chi connectivity index (χ1n) is 18.2. The van der Waals surface area contributed by atoms with Crippen molar-refractivity contribution in [2.45, 2.75) is 126 Å². The van der Waals surface area contributed by atoms with E-state index in [1.807, 2.05) is 81.6 Å². The minimum absolute atomic E-state index is 0.00976. The van der Waals surface area contributed by atoms with Crippen molar-refractivity contribution in [1.82, 2.24) is 21.4 Å². The van der Waals surface area contributed by atoms with Gasteiger partial charge in [-0.25, -0.2) is 0 Å². The summed E-state index contributed by atoms with van der Waals surface area (Å²) in [6.07, 6.45) is 5.25. The average molecular weight is 663 g/mol. The molecule has 1 aliphatic heterocycles. The van der Waals surface area contributed by atoms with Gasteiger partial charge in [-0.2, -0.15) is 5.48 Å². The minimum Gasteiger partial charge on any atom is -0.409 e. The zero-order valence-corrected chi connectivity index (χ0v) is 31.9. The lowest BCUT2D eigenvalue weighted by Gasteiger charge is -2.16. The van der Waals surface area contributed by atoms with Gasteiger partial charge in [0.15, 0.2) is 5.84 Å². The number of hydroxylamine groups is 1. The van der Waals surface area contributed by atoms with E-state index in [0.29, 0.717) is 12.1 Å². The molecule has 0 bridgehead atoms. The molecule has 7 N–H and O–H groups in total. The quantitative estimate of drug-likeness (QED) is 0.0681. The van der Waals surface area contributed by atoms with E-state index in [0.717, 1.165) is 31.2 Å². The van der Waals surface area contributed by atoms with Crippen LogP contribution >= 0.6 is 0 Å². The summed E-state index contributed by atoms with van der Waals surface area (Å²) >= 11 is 0. The van der Waals surface area contributed by atoms with E-state index in [-0.39, 0.29) is 18.2 Å². The van der Waals surface area contributed by atoms with Gasteiger partial charge in [0.2, 0.25) is 0 Å². The van der Waals surface area contributed by atoms with Crippen molar-refractivity contribution in [1.29, 1.82) is 0 Å². The standard InChI is InChI=1S/C21H27N3O.C11H15N3O.4C2H6/c1-13-7-8-15(11-14(13)2)12-20-23-21(24-25-20)18-6-4-5-17-16(18)9-10-19(17)22-3;1-13-10-6-5-7-8(10)3-2-4-9(7)11(12)14-15;4*1-2/h4-8,11,19-24H,9-10,12H2,1-3H3;2-4,10,13,15H,5-6H2,1H3,(H2,12,14);4*1-2H3/t19-,20?,21?;10-;;;;/m11..../s1. The predicted octanol–water partition coefficient (Wildman–Crippen LogP) is 8.29. The van der Waals surface area contributed by atoms with Gasteiger partial charge in [-0.15, -0.1) is 0 Å². The Morgan fingerprint density at radius 3 is 1.90 bits per heavy atom. The first-order chi connectivity index (χ1) is 23.4. The molecule has 4 atom stereocenters. The third-order valence-corrected chi connectivity index (χ3v) is 8.64. The molecule has 0 radical (unpaired) electrons. The SMILES string of the molecule is CC.CC.CC.CC.CN[C@@H]1CCc2c(C(N)=NO)cccc21.CN[C@@H]1CCc2c(C3NOC(Cc4ccc(C)c(C)c4)N3)cccc21. The van der Waals surface area contributed by atoms with Gasteiger partial charge in [-0.3, -0.25) is 10.2 Å². The predicted molar refractivity (Wildman–Crippen MR) is 205 cm³/mol. The molecular formula is C40H66N6O2. The molecular weight excluding hydrogens is 596 g/mol. The fourth-order valence-electron chi connectivity index (χ4n) is 6.30. The van der Waals surface area contributed by atoms with Crippen LogP contribution < -0.4 is 27.2 Å². The Bertz CT molecular complexity index is 1380. The molecule has 0 spiro atoms. The smallest absolute Gasteiger partial charge is 0.170 e. The lowest BCUT2D eigenvalue weighted by Crippen LogP contribution is -2.28. The Morgan fingerprint density at radius 1 is 0.792 bits per heavy atom. The molecule has 1 fully saturated rings. The summed E-state index contributed by atoms with van der Waals surface area (Å²) in [6, 6.07) is 20.1. The Kier molecular flexibility index (Phi) is 20.6. The Balaban J connectivity index is 0.000000429. The van der Waals surface area contributed by atoms with Gasteiger partial charge >= 0.3 is 0 Å². The fourth-order valence-corrected chi connectivity index (χ4v) is 6.30. The zero-order valence-electron chi connectivity index (χ0n) is 31.9. The molecule has 48 heavy (non-hydrogen) atoms. The number of hydrogen-bond donors (Lipinski definition) is 6. The number of oxime groups is 1. The van der Waals surface area contributed by atoms with Crippen LogP contribution in [0.1, 0.15) is 137 Å². The van der Waals surface area contributed by atoms with Crippen molar-refractivity contribution in [3.63, 3.8) is 0 Å². The van der Waals surface area contributed by atoms with Crippen LogP contribution in [-0.4, -0.2) is 31.4 Å². The largest absolute Gasteiger partial charge is 0.409 e.